The molecule has 0 saturated heterocycles. The zero-order valence-corrected chi connectivity index (χ0v) is 9.57. The number of nitrogens with zero attached hydrogens (tertiary/aromatic N) is 1. The van der Waals surface area contributed by atoms with Crippen molar-refractivity contribution in [2.75, 3.05) is 0 Å². The number of phenols is 1. The van der Waals surface area contributed by atoms with Crippen molar-refractivity contribution in [1.82, 2.24) is 0 Å². The molecule has 0 aliphatic carbocycles. The van der Waals surface area contributed by atoms with Crippen LogP contribution in [0.5, 0.6) is 5.75 Å². The number of hydrogen-bond acceptors (Lipinski definition) is 4. The van der Waals surface area contributed by atoms with Gasteiger partial charge in [0, 0.05) is 12.1 Å². The number of aromatic hydroxyl groups is 1. The quantitative estimate of drug-likeness (QED) is 0.629. The minimum atomic E-state index is -0.580. The van der Waals surface area contributed by atoms with Crippen LogP contribution >= 0.6 is 11.6 Å². The Morgan fingerprint density at radius 3 is 2.75 bits per heavy atom. The minimum Gasteiger partial charge on any atom is -0.506 e. The van der Waals surface area contributed by atoms with Gasteiger partial charge in [0.05, 0.1) is 15.5 Å². The number of nitrogens with two attached hydrogens (primary N) is 1. The van der Waals surface area contributed by atoms with Gasteiger partial charge >= 0.3 is 0 Å². The summed E-state index contributed by atoms with van der Waals surface area (Å²) in [4.78, 5) is 10.2. The zero-order valence-electron chi connectivity index (χ0n) is 8.81. The summed E-state index contributed by atoms with van der Waals surface area (Å²) in [6.07, 6.45) is 1.32. The highest BCUT2D eigenvalue weighted by molar-refractivity contribution is 6.32. The molecule has 0 radical (unpaired) electrons. The second-order valence-electron chi connectivity index (χ2n) is 3.48. The summed E-state index contributed by atoms with van der Waals surface area (Å²) < 4.78 is 0. The van der Waals surface area contributed by atoms with Crippen molar-refractivity contribution in [2.24, 2.45) is 5.73 Å². The molecule has 1 rings (SSSR count). The van der Waals surface area contributed by atoms with E-state index in [0.717, 1.165) is 6.42 Å². The molecular weight excluding hydrogens is 232 g/mol. The number of rotatable bonds is 4. The van der Waals surface area contributed by atoms with Gasteiger partial charge in [-0.1, -0.05) is 24.9 Å². The van der Waals surface area contributed by atoms with Crippen LogP contribution in [0, 0.1) is 10.1 Å². The van der Waals surface area contributed by atoms with Crippen molar-refractivity contribution in [3.05, 3.63) is 32.8 Å². The fourth-order valence-electron chi connectivity index (χ4n) is 1.55. The largest absolute Gasteiger partial charge is 0.506 e. The number of nitro benzene ring substituents is 1. The lowest BCUT2D eigenvalue weighted by atomic mass is 10.0. The third-order valence-corrected chi connectivity index (χ3v) is 2.62. The number of halogens is 1. The Kier molecular flexibility index (Phi) is 4.09. The summed E-state index contributed by atoms with van der Waals surface area (Å²) in [6, 6.07) is 1.97. The molecule has 0 spiro atoms. The lowest BCUT2D eigenvalue weighted by Crippen LogP contribution is -2.12. The van der Waals surface area contributed by atoms with Gasteiger partial charge < -0.3 is 10.8 Å². The second-order valence-corrected chi connectivity index (χ2v) is 3.89. The summed E-state index contributed by atoms with van der Waals surface area (Å²) in [7, 11) is 0. The van der Waals surface area contributed by atoms with Gasteiger partial charge in [0.15, 0.2) is 0 Å². The Labute approximate surface area is 98.0 Å². The summed E-state index contributed by atoms with van der Waals surface area (Å²) in [5, 5.41) is 20.6. The topological polar surface area (TPSA) is 89.4 Å². The van der Waals surface area contributed by atoms with Gasteiger partial charge in [-0.3, -0.25) is 10.1 Å². The van der Waals surface area contributed by atoms with E-state index in [1.54, 1.807) is 0 Å². The molecule has 1 atom stereocenters. The molecule has 1 aromatic carbocycles. The van der Waals surface area contributed by atoms with Gasteiger partial charge in [-0.25, -0.2) is 0 Å². The Bertz CT molecular complexity index is 409. The van der Waals surface area contributed by atoms with Crippen molar-refractivity contribution in [3.63, 3.8) is 0 Å². The standard InChI is InChI=1S/C10H13ClN2O3/c1-2-3-7(12)9-8(13(15)16)5-4-6(11)10(9)14/h4-5,7,14H,2-3,12H2,1H3/t7-/m0/s1. The van der Waals surface area contributed by atoms with Crippen molar-refractivity contribution >= 4 is 17.3 Å². The van der Waals surface area contributed by atoms with Crippen LogP contribution in [0.15, 0.2) is 12.1 Å². The molecule has 6 heteroatoms. The van der Waals surface area contributed by atoms with Gasteiger partial charge in [0.2, 0.25) is 0 Å². The first kappa shape index (κ1) is 12.7. The maximum absolute atomic E-state index is 10.8. The van der Waals surface area contributed by atoms with E-state index in [4.69, 9.17) is 17.3 Å². The Morgan fingerprint density at radius 2 is 2.25 bits per heavy atom. The molecule has 16 heavy (non-hydrogen) atoms. The molecule has 1 aromatic rings. The number of nitro groups is 1. The van der Waals surface area contributed by atoms with Crippen LogP contribution in [-0.2, 0) is 0 Å². The molecule has 0 unspecified atom stereocenters. The highest BCUT2D eigenvalue weighted by Gasteiger charge is 2.24. The average Bonchev–Trinajstić information content (AvgIpc) is 2.21. The molecule has 0 amide bonds. The van der Waals surface area contributed by atoms with Crippen molar-refractivity contribution < 1.29 is 10.0 Å². The van der Waals surface area contributed by atoms with Crippen LogP contribution in [0.25, 0.3) is 0 Å². The first-order chi connectivity index (χ1) is 7.49. The minimum absolute atomic E-state index is 0.0761. The second kappa shape index (κ2) is 5.14. The summed E-state index contributed by atoms with van der Waals surface area (Å²) in [5.41, 5.74) is 5.71. The molecule has 0 aromatic heterocycles. The third kappa shape index (κ3) is 2.43. The molecule has 0 saturated carbocycles. The van der Waals surface area contributed by atoms with Crippen LogP contribution in [0.1, 0.15) is 31.4 Å². The third-order valence-electron chi connectivity index (χ3n) is 2.31. The molecule has 0 aliphatic rings. The molecule has 0 fully saturated rings. The number of phenolic OH excluding ortho intramolecular Hbond substituents is 1. The van der Waals surface area contributed by atoms with E-state index in [9.17, 15) is 15.2 Å². The fourth-order valence-corrected chi connectivity index (χ4v) is 1.72. The maximum atomic E-state index is 10.8. The predicted molar refractivity (Wildman–Crippen MR) is 61.6 cm³/mol. The summed E-state index contributed by atoms with van der Waals surface area (Å²) >= 11 is 5.71. The van der Waals surface area contributed by atoms with Crippen LogP contribution in [0.3, 0.4) is 0 Å². The van der Waals surface area contributed by atoms with Crippen LogP contribution in [0.2, 0.25) is 5.02 Å². The molecule has 0 bridgehead atoms. The number of benzene rings is 1. The molecule has 0 aliphatic heterocycles. The molecular formula is C10H13ClN2O3. The van der Waals surface area contributed by atoms with E-state index >= 15 is 0 Å². The van der Waals surface area contributed by atoms with Gasteiger partial charge in [0.1, 0.15) is 5.75 Å². The lowest BCUT2D eigenvalue weighted by molar-refractivity contribution is -0.385. The molecule has 0 heterocycles. The Balaban J connectivity index is 3.31. The van der Waals surface area contributed by atoms with Gasteiger partial charge in [-0.15, -0.1) is 0 Å². The Hall–Kier alpha value is -1.33. The van der Waals surface area contributed by atoms with E-state index in [1.807, 2.05) is 6.92 Å². The first-order valence-electron chi connectivity index (χ1n) is 4.90. The van der Waals surface area contributed by atoms with E-state index in [0.29, 0.717) is 6.42 Å². The summed E-state index contributed by atoms with van der Waals surface area (Å²) in [6.45, 7) is 1.91. The van der Waals surface area contributed by atoms with Crippen LogP contribution in [-0.4, -0.2) is 10.0 Å². The molecule has 3 N–H and O–H groups in total. The van der Waals surface area contributed by atoms with Crippen molar-refractivity contribution in [1.29, 1.82) is 0 Å². The van der Waals surface area contributed by atoms with Crippen LogP contribution < -0.4 is 5.73 Å². The highest BCUT2D eigenvalue weighted by atomic mass is 35.5. The van der Waals surface area contributed by atoms with Crippen molar-refractivity contribution in [3.8, 4) is 5.75 Å². The van der Waals surface area contributed by atoms with Gasteiger partial charge in [0.25, 0.3) is 5.69 Å². The highest BCUT2D eigenvalue weighted by Crippen LogP contribution is 2.38. The van der Waals surface area contributed by atoms with Crippen LogP contribution in [0.4, 0.5) is 5.69 Å². The van der Waals surface area contributed by atoms with Gasteiger partial charge in [-0.2, -0.15) is 0 Å². The Morgan fingerprint density at radius 1 is 1.62 bits per heavy atom. The SMILES string of the molecule is CCC[C@H](N)c1c([N+](=O)[O-])ccc(Cl)c1O. The normalized spacial score (nSPS) is 12.4. The zero-order chi connectivity index (χ0) is 12.3. The van der Waals surface area contributed by atoms with E-state index in [1.165, 1.54) is 12.1 Å². The molecule has 5 nitrogen and oxygen atoms in total. The summed E-state index contributed by atoms with van der Waals surface area (Å²) in [5.74, 6) is -0.295. The fraction of sp³-hybridized carbons (Fsp3) is 0.400. The van der Waals surface area contributed by atoms with Gasteiger partial charge in [-0.05, 0) is 12.5 Å². The maximum Gasteiger partial charge on any atom is 0.277 e. The smallest absolute Gasteiger partial charge is 0.277 e. The number of hydrogen-bond donors (Lipinski definition) is 2. The van der Waals surface area contributed by atoms with E-state index in [2.05, 4.69) is 0 Å². The predicted octanol–water partition coefficient (Wildman–Crippen LogP) is 2.75. The monoisotopic (exact) mass is 244 g/mol. The lowest BCUT2D eigenvalue weighted by Gasteiger charge is -2.13. The molecule has 88 valence electrons. The van der Waals surface area contributed by atoms with E-state index < -0.39 is 11.0 Å². The first-order valence-corrected chi connectivity index (χ1v) is 5.28. The van der Waals surface area contributed by atoms with E-state index in [-0.39, 0.29) is 22.0 Å². The van der Waals surface area contributed by atoms with Crippen molar-refractivity contribution in [2.45, 2.75) is 25.8 Å². The average molecular weight is 245 g/mol.